The van der Waals surface area contributed by atoms with E-state index >= 15 is 0 Å². The zero-order chi connectivity index (χ0) is 20.2. The van der Waals surface area contributed by atoms with Gasteiger partial charge in [0.15, 0.2) is 0 Å². The zero-order valence-electron chi connectivity index (χ0n) is 16.8. The zero-order valence-corrected chi connectivity index (χ0v) is 16.8. The Morgan fingerprint density at radius 3 is 2.83 bits per heavy atom. The van der Waals surface area contributed by atoms with Crippen molar-refractivity contribution in [1.82, 2.24) is 15.2 Å². The maximum atomic E-state index is 13.0. The number of benzene rings is 2. The lowest BCUT2D eigenvalue weighted by atomic mass is 9.98. The number of amides is 1. The highest BCUT2D eigenvalue weighted by Gasteiger charge is 2.17. The summed E-state index contributed by atoms with van der Waals surface area (Å²) in [5, 5.41) is 14.0. The number of pyridine rings is 1. The smallest absolute Gasteiger partial charge is 0.253 e. The Morgan fingerprint density at radius 1 is 1.10 bits per heavy atom. The normalized spacial score (nSPS) is 14.8. The quantitative estimate of drug-likeness (QED) is 0.720. The number of carbonyl (C=O) groups excluding carboxylic acids is 1. The van der Waals surface area contributed by atoms with Gasteiger partial charge in [-0.25, -0.2) is 0 Å². The number of aliphatic hydroxyl groups excluding tert-OH is 1. The SMILES string of the molecule is Cc1cc(CO)c2cccc(Cc3cccc(C(=O)N4CCCNCC4)c3)c2n1. The summed E-state index contributed by atoms with van der Waals surface area (Å²) >= 11 is 0. The van der Waals surface area contributed by atoms with Crippen LogP contribution in [0, 0.1) is 6.92 Å². The molecular formula is C24H27N3O2. The molecule has 4 rings (SSSR count). The second-order valence-electron chi connectivity index (χ2n) is 7.67. The lowest BCUT2D eigenvalue weighted by Gasteiger charge is -2.20. The van der Waals surface area contributed by atoms with E-state index < -0.39 is 0 Å². The topological polar surface area (TPSA) is 65.5 Å². The summed E-state index contributed by atoms with van der Waals surface area (Å²) in [7, 11) is 0. The van der Waals surface area contributed by atoms with Crippen LogP contribution in [0.4, 0.5) is 0 Å². The highest BCUT2D eigenvalue weighted by molar-refractivity contribution is 5.94. The van der Waals surface area contributed by atoms with Gasteiger partial charge in [0.2, 0.25) is 0 Å². The van der Waals surface area contributed by atoms with Crippen LogP contribution in [0.15, 0.2) is 48.5 Å². The van der Waals surface area contributed by atoms with Crippen LogP contribution in [-0.2, 0) is 13.0 Å². The Bertz CT molecular complexity index is 1020. The second-order valence-corrected chi connectivity index (χ2v) is 7.67. The number of carbonyl (C=O) groups is 1. The molecular weight excluding hydrogens is 362 g/mol. The van der Waals surface area contributed by atoms with E-state index in [1.807, 2.05) is 48.2 Å². The van der Waals surface area contributed by atoms with E-state index in [9.17, 15) is 9.90 Å². The molecule has 1 fully saturated rings. The Kier molecular flexibility index (Phi) is 5.88. The summed E-state index contributed by atoms with van der Waals surface area (Å²) in [5.41, 5.74) is 5.65. The number of para-hydroxylation sites is 1. The first-order chi connectivity index (χ1) is 14.2. The van der Waals surface area contributed by atoms with Crippen LogP contribution in [0.25, 0.3) is 10.9 Å². The lowest BCUT2D eigenvalue weighted by Crippen LogP contribution is -2.34. The first kappa shape index (κ1) is 19.6. The maximum absolute atomic E-state index is 13.0. The predicted molar refractivity (Wildman–Crippen MR) is 115 cm³/mol. The summed E-state index contributed by atoms with van der Waals surface area (Å²) in [5.74, 6) is 0.102. The molecule has 3 aromatic rings. The second kappa shape index (κ2) is 8.72. The molecule has 2 heterocycles. The Balaban J connectivity index is 1.63. The van der Waals surface area contributed by atoms with E-state index in [4.69, 9.17) is 4.98 Å². The van der Waals surface area contributed by atoms with Gasteiger partial charge in [-0.2, -0.15) is 0 Å². The summed E-state index contributed by atoms with van der Waals surface area (Å²) in [6.45, 7) is 5.31. The number of nitrogens with one attached hydrogen (secondary N) is 1. The Hall–Kier alpha value is -2.76. The van der Waals surface area contributed by atoms with E-state index in [1.165, 1.54) is 0 Å². The molecule has 0 saturated carbocycles. The number of rotatable bonds is 4. The van der Waals surface area contributed by atoms with Crippen LogP contribution in [0.2, 0.25) is 0 Å². The van der Waals surface area contributed by atoms with Crippen molar-refractivity contribution in [3.8, 4) is 0 Å². The van der Waals surface area contributed by atoms with Crippen LogP contribution in [0.5, 0.6) is 0 Å². The molecule has 0 bridgehead atoms. The minimum Gasteiger partial charge on any atom is -0.392 e. The third-order valence-corrected chi connectivity index (χ3v) is 5.50. The molecule has 1 amide bonds. The van der Waals surface area contributed by atoms with Crippen LogP contribution < -0.4 is 5.32 Å². The van der Waals surface area contributed by atoms with Crippen molar-refractivity contribution < 1.29 is 9.90 Å². The van der Waals surface area contributed by atoms with Gasteiger partial charge < -0.3 is 15.3 Å². The van der Waals surface area contributed by atoms with Gasteiger partial charge in [-0.05, 0) is 61.2 Å². The Labute approximate surface area is 171 Å². The molecule has 2 N–H and O–H groups in total. The van der Waals surface area contributed by atoms with Crippen LogP contribution in [0.3, 0.4) is 0 Å². The van der Waals surface area contributed by atoms with Crippen molar-refractivity contribution in [2.45, 2.75) is 26.4 Å². The average molecular weight is 389 g/mol. The largest absolute Gasteiger partial charge is 0.392 e. The first-order valence-corrected chi connectivity index (χ1v) is 10.2. The van der Waals surface area contributed by atoms with Gasteiger partial charge in [0.05, 0.1) is 12.1 Å². The summed E-state index contributed by atoms with van der Waals surface area (Å²) < 4.78 is 0. The van der Waals surface area contributed by atoms with E-state index in [0.717, 1.165) is 71.5 Å². The molecule has 0 radical (unpaired) electrons. The van der Waals surface area contributed by atoms with Gasteiger partial charge in [-0.3, -0.25) is 9.78 Å². The van der Waals surface area contributed by atoms with Gasteiger partial charge in [0.1, 0.15) is 0 Å². The third-order valence-electron chi connectivity index (χ3n) is 5.50. The molecule has 1 aliphatic rings. The molecule has 0 aliphatic carbocycles. The number of hydrogen-bond donors (Lipinski definition) is 2. The van der Waals surface area contributed by atoms with Gasteiger partial charge in [0, 0.05) is 36.3 Å². The number of hydrogen-bond acceptors (Lipinski definition) is 4. The molecule has 1 aromatic heterocycles. The minimum atomic E-state index is -0.00199. The van der Waals surface area contributed by atoms with E-state index in [2.05, 4.69) is 17.4 Å². The summed E-state index contributed by atoms with van der Waals surface area (Å²) in [6.07, 6.45) is 1.68. The molecule has 0 unspecified atom stereocenters. The molecule has 150 valence electrons. The van der Waals surface area contributed by atoms with E-state index in [-0.39, 0.29) is 12.5 Å². The predicted octanol–water partition coefficient (Wildman–Crippen LogP) is 3.06. The highest BCUT2D eigenvalue weighted by atomic mass is 16.3. The average Bonchev–Trinajstić information content (AvgIpc) is 3.03. The fourth-order valence-electron chi connectivity index (χ4n) is 4.06. The van der Waals surface area contributed by atoms with E-state index in [1.54, 1.807) is 0 Å². The number of aryl methyl sites for hydroxylation is 1. The van der Waals surface area contributed by atoms with Gasteiger partial charge in [-0.1, -0.05) is 30.3 Å². The molecule has 2 aromatic carbocycles. The number of fused-ring (bicyclic) bond motifs is 1. The lowest BCUT2D eigenvalue weighted by molar-refractivity contribution is 0.0766. The molecule has 5 nitrogen and oxygen atoms in total. The van der Waals surface area contributed by atoms with Crippen molar-refractivity contribution in [2.24, 2.45) is 0 Å². The minimum absolute atomic E-state index is 0.00199. The molecule has 0 atom stereocenters. The van der Waals surface area contributed by atoms with Crippen molar-refractivity contribution in [3.63, 3.8) is 0 Å². The molecule has 29 heavy (non-hydrogen) atoms. The van der Waals surface area contributed by atoms with Gasteiger partial charge in [-0.15, -0.1) is 0 Å². The summed E-state index contributed by atoms with van der Waals surface area (Å²) in [6, 6.07) is 15.9. The Morgan fingerprint density at radius 2 is 1.97 bits per heavy atom. The van der Waals surface area contributed by atoms with Gasteiger partial charge >= 0.3 is 0 Å². The molecule has 5 heteroatoms. The molecule has 0 spiro atoms. The fraction of sp³-hybridized carbons (Fsp3) is 0.333. The van der Waals surface area contributed by atoms with E-state index in [0.29, 0.717) is 6.42 Å². The molecule has 1 aliphatic heterocycles. The van der Waals surface area contributed by atoms with Crippen molar-refractivity contribution >= 4 is 16.8 Å². The van der Waals surface area contributed by atoms with Crippen LogP contribution in [-0.4, -0.2) is 47.1 Å². The molecule has 1 saturated heterocycles. The monoisotopic (exact) mass is 389 g/mol. The van der Waals surface area contributed by atoms with Gasteiger partial charge in [0.25, 0.3) is 5.91 Å². The van der Waals surface area contributed by atoms with Crippen molar-refractivity contribution in [1.29, 1.82) is 0 Å². The number of aromatic nitrogens is 1. The standard InChI is InChI=1S/C24H27N3O2/c1-17-13-21(16-28)22-8-3-6-19(23(22)26-17)14-18-5-2-7-20(15-18)24(29)27-11-4-9-25-10-12-27/h2-3,5-8,13,15,25,28H,4,9-12,14,16H2,1H3. The van der Waals surface area contributed by atoms with Crippen molar-refractivity contribution in [2.75, 3.05) is 26.2 Å². The fourth-order valence-corrected chi connectivity index (χ4v) is 4.06. The summed E-state index contributed by atoms with van der Waals surface area (Å²) in [4.78, 5) is 19.6. The number of nitrogens with zero attached hydrogens (tertiary/aromatic N) is 2. The highest BCUT2D eigenvalue weighted by Crippen LogP contribution is 2.24. The van der Waals surface area contributed by atoms with Crippen LogP contribution in [0.1, 0.15) is 39.2 Å². The maximum Gasteiger partial charge on any atom is 0.253 e. The number of aliphatic hydroxyl groups is 1. The first-order valence-electron chi connectivity index (χ1n) is 10.2. The van der Waals surface area contributed by atoms with Crippen molar-refractivity contribution in [3.05, 3.63) is 76.5 Å². The third kappa shape index (κ3) is 4.31. The van der Waals surface area contributed by atoms with Crippen LogP contribution >= 0.6 is 0 Å².